The molecule has 1 saturated heterocycles. The van der Waals surface area contributed by atoms with Crippen molar-refractivity contribution < 1.29 is 14.3 Å². The Hall–Kier alpha value is -2.64. The van der Waals surface area contributed by atoms with Crippen molar-refractivity contribution in [3.63, 3.8) is 0 Å². The lowest BCUT2D eigenvalue weighted by Crippen LogP contribution is -2.28. The van der Waals surface area contributed by atoms with E-state index in [9.17, 15) is 9.59 Å². The molecule has 0 radical (unpaired) electrons. The number of hydrogen-bond acceptors (Lipinski definition) is 5. The molecule has 2 aromatic carbocycles. The number of benzene rings is 2. The molecule has 0 saturated carbocycles. The maximum atomic E-state index is 12.7. The van der Waals surface area contributed by atoms with E-state index >= 15 is 0 Å². The predicted molar refractivity (Wildman–Crippen MR) is 107 cm³/mol. The number of carbonyl (C=O) groups excluding carboxylic acids is 2. The predicted octanol–water partition coefficient (Wildman–Crippen LogP) is 3.95. The fourth-order valence-corrected chi connectivity index (χ4v) is 4.27. The molecule has 2 amide bonds. The first kappa shape index (κ1) is 17.8. The number of thiazole rings is 1. The van der Waals surface area contributed by atoms with Crippen molar-refractivity contribution >= 4 is 55.8 Å². The second-order valence-electron chi connectivity index (χ2n) is 6.20. The summed E-state index contributed by atoms with van der Waals surface area (Å²) in [7, 11) is 1.56. The third-order valence-electron chi connectivity index (χ3n) is 4.45. The summed E-state index contributed by atoms with van der Waals surface area (Å²) in [6, 6.07) is 12.7. The zero-order valence-electron chi connectivity index (χ0n) is 14.4. The summed E-state index contributed by atoms with van der Waals surface area (Å²) in [5.74, 6) is -0.158. The van der Waals surface area contributed by atoms with E-state index in [-0.39, 0.29) is 18.2 Å². The van der Waals surface area contributed by atoms with Crippen LogP contribution in [-0.2, 0) is 9.59 Å². The molecule has 1 aliphatic rings. The van der Waals surface area contributed by atoms with Crippen LogP contribution < -0.4 is 15.0 Å². The lowest BCUT2D eigenvalue weighted by atomic mass is 10.1. The van der Waals surface area contributed by atoms with Crippen LogP contribution in [-0.4, -0.2) is 30.5 Å². The minimum Gasteiger partial charge on any atom is -0.495 e. The Morgan fingerprint density at radius 2 is 2.15 bits per heavy atom. The van der Waals surface area contributed by atoms with Crippen LogP contribution in [0.15, 0.2) is 42.5 Å². The molecular weight excluding hydrogens is 386 g/mol. The van der Waals surface area contributed by atoms with Crippen LogP contribution in [0.1, 0.15) is 6.42 Å². The van der Waals surface area contributed by atoms with Gasteiger partial charge in [0.05, 0.1) is 28.9 Å². The van der Waals surface area contributed by atoms with Gasteiger partial charge in [-0.05, 0) is 30.3 Å². The molecule has 2 heterocycles. The lowest BCUT2D eigenvalue weighted by molar-refractivity contribution is -0.122. The van der Waals surface area contributed by atoms with Crippen LogP contribution in [0.4, 0.5) is 10.8 Å². The number of hydrogen-bond donors (Lipinski definition) is 1. The van der Waals surface area contributed by atoms with E-state index in [1.807, 2.05) is 30.3 Å². The SMILES string of the molecule is COc1ccccc1N1C[C@H](C(=O)Nc2nc3ccc(Cl)cc3s2)CC1=O. The summed E-state index contributed by atoms with van der Waals surface area (Å²) in [6.45, 7) is 0.307. The van der Waals surface area contributed by atoms with Crippen LogP contribution >= 0.6 is 22.9 Å². The van der Waals surface area contributed by atoms with Gasteiger partial charge in [-0.2, -0.15) is 0 Å². The molecule has 1 fully saturated rings. The molecule has 27 heavy (non-hydrogen) atoms. The molecule has 0 aliphatic carbocycles. The first-order valence-corrected chi connectivity index (χ1v) is 9.55. The van der Waals surface area contributed by atoms with Crippen molar-refractivity contribution in [2.75, 3.05) is 23.9 Å². The molecule has 0 unspecified atom stereocenters. The topological polar surface area (TPSA) is 71.5 Å². The number of para-hydroxylation sites is 2. The quantitative estimate of drug-likeness (QED) is 0.718. The Balaban J connectivity index is 1.50. The molecule has 0 bridgehead atoms. The van der Waals surface area contributed by atoms with Gasteiger partial charge in [0, 0.05) is 18.0 Å². The fourth-order valence-electron chi connectivity index (χ4n) is 3.13. The summed E-state index contributed by atoms with van der Waals surface area (Å²) in [4.78, 5) is 31.1. The van der Waals surface area contributed by atoms with Gasteiger partial charge < -0.3 is 15.0 Å². The number of rotatable bonds is 4. The number of carbonyl (C=O) groups is 2. The van der Waals surface area contributed by atoms with Crippen LogP contribution in [0, 0.1) is 5.92 Å². The molecule has 138 valence electrons. The maximum absolute atomic E-state index is 12.7. The highest BCUT2D eigenvalue weighted by atomic mass is 35.5. The monoisotopic (exact) mass is 401 g/mol. The first-order valence-electron chi connectivity index (χ1n) is 8.35. The number of nitrogens with one attached hydrogen (secondary N) is 1. The van der Waals surface area contributed by atoms with Crippen LogP contribution in [0.3, 0.4) is 0 Å². The number of amides is 2. The van der Waals surface area contributed by atoms with Crippen LogP contribution in [0.5, 0.6) is 5.75 Å². The van der Waals surface area contributed by atoms with Crippen molar-refractivity contribution in [1.29, 1.82) is 0 Å². The van der Waals surface area contributed by atoms with Gasteiger partial charge in [0.15, 0.2) is 5.13 Å². The minimum absolute atomic E-state index is 0.101. The number of aromatic nitrogens is 1. The summed E-state index contributed by atoms with van der Waals surface area (Å²) < 4.78 is 6.23. The van der Waals surface area contributed by atoms with Crippen molar-refractivity contribution in [2.24, 2.45) is 5.92 Å². The molecule has 4 rings (SSSR count). The summed E-state index contributed by atoms with van der Waals surface area (Å²) in [5, 5.41) is 3.95. The molecular formula is C19H16ClN3O3S. The summed E-state index contributed by atoms with van der Waals surface area (Å²) in [6.07, 6.45) is 0.153. The molecule has 1 N–H and O–H groups in total. The zero-order chi connectivity index (χ0) is 19.0. The van der Waals surface area contributed by atoms with Gasteiger partial charge in [0.2, 0.25) is 11.8 Å². The Bertz CT molecular complexity index is 1040. The van der Waals surface area contributed by atoms with Crippen molar-refractivity contribution in [1.82, 2.24) is 4.98 Å². The molecule has 1 aromatic heterocycles. The molecule has 0 spiro atoms. The zero-order valence-corrected chi connectivity index (χ0v) is 16.0. The van der Waals surface area contributed by atoms with Crippen LogP contribution in [0.2, 0.25) is 5.02 Å². The maximum Gasteiger partial charge on any atom is 0.231 e. The number of halogens is 1. The van der Waals surface area contributed by atoms with Crippen molar-refractivity contribution in [3.8, 4) is 5.75 Å². The second-order valence-corrected chi connectivity index (χ2v) is 7.66. The fraction of sp³-hybridized carbons (Fsp3) is 0.211. The smallest absolute Gasteiger partial charge is 0.231 e. The lowest BCUT2D eigenvalue weighted by Gasteiger charge is -2.19. The Morgan fingerprint density at radius 1 is 1.33 bits per heavy atom. The van der Waals surface area contributed by atoms with Gasteiger partial charge in [-0.3, -0.25) is 9.59 Å². The molecule has 1 atom stereocenters. The number of anilines is 2. The summed E-state index contributed by atoms with van der Waals surface area (Å²) in [5.41, 5.74) is 1.45. The van der Waals surface area contributed by atoms with Gasteiger partial charge in [-0.25, -0.2) is 4.98 Å². The number of methoxy groups -OCH3 is 1. The average molecular weight is 402 g/mol. The number of fused-ring (bicyclic) bond motifs is 1. The number of nitrogens with zero attached hydrogens (tertiary/aromatic N) is 2. The Morgan fingerprint density at radius 3 is 2.96 bits per heavy atom. The highest BCUT2D eigenvalue weighted by molar-refractivity contribution is 7.22. The van der Waals surface area contributed by atoms with E-state index in [0.717, 1.165) is 10.2 Å². The van der Waals surface area contributed by atoms with E-state index in [4.69, 9.17) is 16.3 Å². The third kappa shape index (κ3) is 3.48. The second kappa shape index (κ2) is 7.17. The van der Waals surface area contributed by atoms with Crippen molar-refractivity contribution in [2.45, 2.75) is 6.42 Å². The van der Waals surface area contributed by atoms with Crippen molar-refractivity contribution in [3.05, 3.63) is 47.5 Å². The third-order valence-corrected chi connectivity index (χ3v) is 5.62. The van der Waals surface area contributed by atoms with E-state index in [2.05, 4.69) is 10.3 Å². The highest BCUT2D eigenvalue weighted by Crippen LogP contribution is 2.34. The van der Waals surface area contributed by atoms with E-state index in [1.165, 1.54) is 11.3 Å². The van der Waals surface area contributed by atoms with Crippen LogP contribution in [0.25, 0.3) is 10.2 Å². The Kier molecular flexibility index (Phi) is 4.72. The van der Waals surface area contributed by atoms with E-state index in [1.54, 1.807) is 24.1 Å². The highest BCUT2D eigenvalue weighted by Gasteiger charge is 2.36. The standard InChI is InChI=1S/C19H16ClN3O3S/c1-26-15-5-3-2-4-14(15)23-10-11(8-17(23)24)18(25)22-19-21-13-7-6-12(20)9-16(13)27-19/h2-7,9,11H,8,10H2,1H3,(H,21,22,25)/t11-/m1/s1. The van der Waals surface area contributed by atoms with Gasteiger partial charge >= 0.3 is 0 Å². The van der Waals surface area contributed by atoms with Gasteiger partial charge in [-0.15, -0.1) is 0 Å². The Labute approximate surface area is 164 Å². The van der Waals surface area contributed by atoms with Gasteiger partial charge in [0.1, 0.15) is 5.75 Å². The molecule has 1 aliphatic heterocycles. The van der Waals surface area contributed by atoms with Gasteiger partial charge in [-0.1, -0.05) is 35.1 Å². The minimum atomic E-state index is -0.446. The molecule has 8 heteroatoms. The summed E-state index contributed by atoms with van der Waals surface area (Å²) >= 11 is 7.35. The number of ether oxygens (including phenoxy) is 1. The van der Waals surface area contributed by atoms with Gasteiger partial charge in [0.25, 0.3) is 0 Å². The largest absolute Gasteiger partial charge is 0.495 e. The molecule has 3 aromatic rings. The molecule has 6 nitrogen and oxygen atoms in total. The first-order chi connectivity index (χ1) is 13.0. The van der Waals surface area contributed by atoms with E-state index in [0.29, 0.717) is 28.1 Å². The average Bonchev–Trinajstić information content (AvgIpc) is 3.24. The normalized spacial score (nSPS) is 16.7. The van der Waals surface area contributed by atoms with E-state index < -0.39 is 5.92 Å².